The van der Waals surface area contributed by atoms with Crippen LogP contribution in [0.4, 0.5) is 6.01 Å². The van der Waals surface area contributed by atoms with Gasteiger partial charge < -0.3 is 14.6 Å². The van der Waals surface area contributed by atoms with Crippen molar-refractivity contribution in [3.63, 3.8) is 0 Å². The molecule has 1 aromatic rings. The average molecular weight is 210 g/mol. The zero-order valence-corrected chi connectivity index (χ0v) is 9.36. The standard InChI is InChI=1S/C10H18N4O/c1-13(2)10-12-7-9(15-10)8-14-5-3-11-4-6-14/h7,11H,3-6,8H2,1-2H3. The normalized spacial score (nSPS) is 18.0. The van der Waals surface area contributed by atoms with Crippen LogP contribution in [0.3, 0.4) is 0 Å². The van der Waals surface area contributed by atoms with Gasteiger partial charge in [0.25, 0.3) is 6.01 Å². The van der Waals surface area contributed by atoms with Crippen molar-refractivity contribution in [1.82, 2.24) is 15.2 Å². The van der Waals surface area contributed by atoms with E-state index in [1.807, 2.05) is 25.2 Å². The second kappa shape index (κ2) is 4.63. The highest BCUT2D eigenvalue weighted by molar-refractivity contribution is 5.22. The van der Waals surface area contributed by atoms with Gasteiger partial charge in [-0.15, -0.1) is 0 Å². The van der Waals surface area contributed by atoms with Gasteiger partial charge in [0.05, 0.1) is 12.7 Å². The van der Waals surface area contributed by atoms with Crippen LogP contribution in [0.2, 0.25) is 0 Å². The van der Waals surface area contributed by atoms with E-state index in [9.17, 15) is 0 Å². The van der Waals surface area contributed by atoms with E-state index in [-0.39, 0.29) is 0 Å². The van der Waals surface area contributed by atoms with Crippen LogP contribution < -0.4 is 10.2 Å². The Balaban J connectivity index is 1.91. The molecule has 0 radical (unpaired) electrons. The van der Waals surface area contributed by atoms with Gasteiger partial charge in [-0.05, 0) is 0 Å². The quantitative estimate of drug-likeness (QED) is 0.769. The van der Waals surface area contributed by atoms with Crippen LogP contribution in [-0.4, -0.2) is 50.2 Å². The highest BCUT2D eigenvalue weighted by Gasteiger charge is 2.13. The molecule has 2 rings (SSSR count). The number of hydrogen-bond acceptors (Lipinski definition) is 5. The van der Waals surface area contributed by atoms with Crippen LogP contribution in [-0.2, 0) is 6.54 Å². The van der Waals surface area contributed by atoms with Gasteiger partial charge in [0.2, 0.25) is 0 Å². The summed E-state index contributed by atoms with van der Waals surface area (Å²) in [5.41, 5.74) is 0. The zero-order chi connectivity index (χ0) is 10.7. The van der Waals surface area contributed by atoms with Crippen molar-refractivity contribution in [1.29, 1.82) is 0 Å². The monoisotopic (exact) mass is 210 g/mol. The Bertz CT molecular complexity index is 304. The SMILES string of the molecule is CN(C)c1ncc(CN2CCNCC2)o1. The molecular weight excluding hydrogens is 192 g/mol. The largest absolute Gasteiger partial charge is 0.427 e. The van der Waals surface area contributed by atoms with Gasteiger partial charge >= 0.3 is 0 Å². The molecule has 5 heteroatoms. The summed E-state index contributed by atoms with van der Waals surface area (Å²) < 4.78 is 5.60. The zero-order valence-electron chi connectivity index (χ0n) is 9.36. The van der Waals surface area contributed by atoms with E-state index in [0.29, 0.717) is 6.01 Å². The van der Waals surface area contributed by atoms with Crippen LogP contribution in [0.15, 0.2) is 10.6 Å². The van der Waals surface area contributed by atoms with Crippen molar-refractivity contribution >= 4 is 6.01 Å². The summed E-state index contributed by atoms with van der Waals surface area (Å²) in [6, 6.07) is 0.681. The van der Waals surface area contributed by atoms with E-state index in [1.54, 1.807) is 0 Å². The predicted molar refractivity (Wildman–Crippen MR) is 59.0 cm³/mol. The number of anilines is 1. The van der Waals surface area contributed by atoms with Gasteiger partial charge in [0, 0.05) is 40.3 Å². The highest BCUT2D eigenvalue weighted by atomic mass is 16.4. The molecule has 1 N–H and O–H groups in total. The number of oxazole rings is 1. The van der Waals surface area contributed by atoms with E-state index in [2.05, 4.69) is 15.2 Å². The maximum atomic E-state index is 5.60. The highest BCUT2D eigenvalue weighted by Crippen LogP contribution is 2.13. The first-order valence-corrected chi connectivity index (χ1v) is 5.31. The molecule has 0 aliphatic carbocycles. The number of nitrogens with zero attached hydrogens (tertiary/aromatic N) is 3. The van der Waals surface area contributed by atoms with Crippen LogP contribution in [0.25, 0.3) is 0 Å². The lowest BCUT2D eigenvalue weighted by Crippen LogP contribution is -2.42. The lowest BCUT2D eigenvalue weighted by atomic mass is 10.3. The fraction of sp³-hybridized carbons (Fsp3) is 0.700. The van der Waals surface area contributed by atoms with E-state index >= 15 is 0 Å². The Morgan fingerprint density at radius 1 is 1.47 bits per heavy atom. The van der Waals surface area contributed by atoms with Crippen molar-refractivity contribution in [3.8, 4) is 0 Å². The molecular formula is C10H18N4O. The third-order valence-electron chi connectivity index (χ3n) is 2.51. The van der Waals surface area contributed by atoms with Crippen molar-refractivity contribution in [2.75, 3.05) is 45.2 Å². The van der Waals surface area contributed by atoms with Crippen LogP contribution in [0, 0.1) is 0 Å². The molecule has 15 heavy (non-hydrogen) atoms. The van der Waals surface area contributed by atoms with E-state index in [1.165, 1.54) is 0 Å². The van der Waals surface area contributed by atoms with Gasteiger partial charge in [-0.2, -0.15) is 0 Å². The summed E-state index contributed by atoms with van der Waals surface area (Å²) in [6.07, 6.45) is 1.82. The fourth-order valence-electron chi connectivity index (χ4n) is 1.67. The third-order valence-corrected chi connectivity index (χ3v) is 2.51. The Morgan fingerprint density at radius 3 is 2.80 bits per heavy atom. The van der Waals surface area contributed by atoms with Gasteiger partial charge in [-0.25, -0.2) is 4.98 Å². The Hall–Kier alpha value is -1.07. The molecule has 0 atom stereocenters. The number of nitrogens with one attached hydrogen (secondary N) is 1. The van der Waals surface area contributed by atoms with Gasteiger partial charge in [-0.3, -0.25) is 4.90 Å². The lowest BCUT2D eigenvalue weighted by Gasteiger charge is -2.25. The minimum atomic E-state index is 0.681. The van der Waals surface area contributed by atoms with E-state index < -0.39 is 0 Å². The minimum absolute atomic E-state index is 0.681. The molecule has 0 unspecified atom stereocenters. The number of rotatable bonds is 3. The summed E-state index contributed by atoms with van der Waals surface area (Å²) >= 11 is 0. The van der Waals surface area contributed by atoms with Crippen molar-refractivity contribution in [2.24, 2.45) is 0 Å². The molecule has 1 saturated heterocycles. The maximum absolute atomic E-state index is 5.60. The van der Waals surface area contributed by atoms with Gasteiger partial charge in [0.1, 0.15) is 5.76 Å². The molecule has 0 bridgehead atoms. The summed E-state index contributed by atoms with van der Waals surface area (Å²) in [7, 11) is 3.86. The number of piperazine rings is 1. The van der Waals surface area contributed by atoms with E-state index in [0.717, 1.165) is 38.5 Å². The Kier molecular flexibility index (Phi) is 3.23. The topological polar surface area (TPSA) is 44.5 Å². The fourth-order valence-corrected chi connectivity index (χ4v) is 1.67. The smallest absolute Gasteiger partial charge is 0.296 e. The molecule has 0 aromatic carbocycles. The molecule has 1 aliphatic heterocycles. The Labute approximate surface area is 90.1 Å². The average Bonchev–Trinajstić information content (AvgIpc) is 2.68. The minimum Gasteiger partial charge on any atom is -0.427 e. The van der Waals surface area contributed by atoms with Crippen molar-refractivity contribution in [2.45, 2.75) is 6.54 Å². The lowest BCUT2D eigenvalue weighted by molar-refractivity contribution is 0.217. The van der Waals surface area contributed by atoms with Gasteiger partial charge in [0.15, 0.2) is 0 Å². The second-order valence-corrected chi connectivity index (χ2v) is 4.03. The van der Waals surface area contributed by atoms with Crippen molar-refractivity contribution < 1.29 is 4.42 Å². The molecule has 2 heterocycles. The van der Waals surface area contributed by atoms with Crippen LogP contribution in [0.5, 0.6) is 0 Å². The first kappa shape index (κ1) is 10.4. The summed E-state index contributed by atoms with van der Waals surface area (Å²) in [5, 5.41) is 3.33. The van der Waals surface area contributed by atoms with Gasteiger partial charge in [-0.1, -0.05) is 0 Å². The Morgan fingerprint density at radius 2 is 2.20 bits per heavy atom. The molecule has 1 aliphatic rings. The summed E-state index contributed by atoms with van der Waals surface area (Å²) in [4.78, 5) is 8.45. The van der Waals surface area contributed by atoms with E-state index in [4.69, 9.17) is 4.42 Å². The predicted octanol–water partition coefficient (Wildman–Crippen LogP) is 0.146. The first-order valence-electron chi connectivity index (χ1n) is 5.31. The molecule has 1 fully saturated rings. The summed E-state index contributed by atoms with van der Waals surface area (Å²) in [6.45, 7) is 5.15. The van der Waals surface area contributed by atoms with Crippen molar-refractivity contribution in [3.05, 3.63) is 12.0 Å². The first-order chi connectivity index (χ1) is 7.25. The van der Waals surface area contributed by atoms with Crippen LogP contribution >= 0.6 is 0 Å². The number of aromatic nitrogens is 1. The molecule has 5 nitrogen and oxygen atoms in total. The number of hydrogen-bond donors (Lipinski definition) is 1. The second-order valence-electron chi connectivity index (χ2n) is 4.03. The molecule has 0 saturated carbocycles. The summed E-state index contributed by atoms with van der Waals surface area (Å²) in [5.74, 6) is 0.945. The maximum Gasteiger partial charge on any atom is 0.296 e. The molecule has 0 amide bonds. The molecule has 0 spiro atoms. The third kappa shape index (κ3) is 2.70. The van der Waals surface area contributed by atoms with Crippen LogP contribution in [0.1, 0.15) is 5.76 Å². The molecule has 1 aromatic heterocycles. The molecule has 84 valence electrons.